The number of sulfone groups is 1. The standard InChI is InChI=1S/C24H34N4O2S.HI/c1-19-5-4-6-21(17-19)18-28-15-12-22(13-16-28)27-24(25-2)26-14-11-20-7-9-23(10-8-20)31(3,29)30;/h4-10,17,22H,11-16,18H2,1-3H3,(H2,25,26,27);1H. The fourth-order valence-electron chi connectivity index (χ4n) is 3.92. The van der Waals surface area contributed by atoms with E-state index < -0.39 is 9.84 Å². The molecular weight excluding hydrogens is 535 g/mol. The molecule has 0 atom stereocenters. The van der Waals surface area contributed by atoms with Crippen LogP contribution in [-0.4, -0.2) is 58.3 Å². The minimum Gasteiger partial charge on any atom is -0.356 e. The summed E-state index contributed by atoms with van der Waals surface area (Å²) in [6, 6.07) is 16.3. The highest BCUT2D eigenvalue weighted by atomic mass is 127. The minimum atomic E-state index is -3.15. The molecule has 6 nitrogen and oxygen atoms in total. The number of hydrogen-bond acceptors (Lipinski definition) is 4. The molecule has 1 heterocycles. The Bertz CT molecular complexity index is 985. The molecule has 8 heteroatoms. The summed E-state index contributed by atoms with van der Waals surface area (Å²) in [5.74, 6) is 0.824. The van der Waals surface area contributed by atoms with E-state index >= 15 is 0 Å². The third-order valence-electron chi connectivity index (χ3n) is 5.70. The van der Waals surface area contributed by atoms with E-state index in [1.807, 2.05) is 12.1 Å². The Kier molecular flexibility index (Phi) is 10.4. The molecule has 0 radical (unpaired) electrons. The van der Waals surface area contributed by atoms with Crippen LogP contribution in [0.2, 0.25) is 0 Å². The number of likely N-dealkylation sites (tertiary alicyclic amines) is 1. The van der Waals surface area contributed by atoms with Gasteiger partial charge < -0.3 is 10.6 Å². The summed E-state index contributed by atoms with van der Waals surface area (Å²) in [6.07, 6.45) is 4.23. The molecule has 2 aromatic carbocycles. The zero-order chi connectivity index (χ0) is 22.3. The molecule has 0 aliphatic carbocycles. The molecule has 1 fully saturated rings. The van der Waals surface area contributed by atoms with E-state index in [0.717, 1.165) is 57.0 Å². The van der Waals surface area contributed by atoms with E-state index in [1.165, 1.54) is 17.4 Å². The van der Waals surface area contributed by atoms with Crippen LogP contribution in [0.15, 0.2) is 58.4 Å². The van der Waals surface area contributed by atoms with Gasteiger partial charge in [-0.15, -0.1) is 24.0 Å². The summed E-state index contributed by atoms with van der Waals surface area (Å²) >= 11 is 0. The highest BCUT2D eigenvalue weighted by Gasteiger charge is 2.20. The van der Waals surface area contributed by atoms with E-state index in [0.29, 0.717) is 10.9 Å². The number of nitrogens with zero attached hydrogens (tertiary/aromatic N) is 2. The third-order valence-corrected chi connectivity index (χ3v) is 6.83. The second kappa shape index (κ2) is 12.6. The monoisotopic (exact) mass is 570 g/mol. The second-order valence-corrected chi connectivity index (χ2v) is 10.4. The summed E-state index contributed by atoms with van der Waals surface area (Å²) in [5.41, 5.74) is 3.79. The van der Waals surface area contributed by atoms with E-state index in [-0.39, 0.29) is 24.0 Å². The molecule has 2 aromatic rings. The first kappa shape index (κ1) is 26.6. The largest absolute Gasteiger partial charge is 0.356 e. The first-order valence-corrected chi connectivity index (χ1v) is 12.8. The molecule has 1 aliphatic rings. The zero-order valence-electron chi connectivity index (χ0n) is 19.2. The third kappa shape index (κ3) is 8.37. The molecule has 176 valence electrons. The van der Waals surface area contributed by atoms with Gasteiger partial charge in [-0.05, 0) is 49.4 Å². The Balaban J connectivity index is 0.00000363. The number of hydrogen-bond donors (Lipinski definition) is 2. The maximum atomic E-state index is 11.6. The Labute approximate surface area is 209 Å². The molecule has 0 aromatic heterocycles. The molecule has 0 amide bonds. The summed E-state index contributed by atoms with van der Waals surface area (Å²) in [7, 11) is -1.35. The lowest BCUT2D eigenvalue weighted by Crippen LogP contribution is -2.48. The van der Waals surface area contributed by atoms with Crippen LogP contribution in [0.1, 0.15) is 29.5 Å². The van der Waals surface area contributed by atoms with Crippen molar-refractivity contribution in [2.75, 3.05) is 32.9 Å². The topological polar surface area (TPSA) is 73.8 Å². The maximum Gasteiger partial charge on any atom is 0.191 e. The highest BCUT2D eigenvalue weighted by Crippen LogP contribution is 2.15. The predicted molar refractivity (Wildman–Crippen MR) is 143 cm³/mol. The van der Waals surface area contributed by atoms with Crippen molar-refractivity contribution in [2.24, 2.45) is 4.99 Å². The van der Waals surface area contributed by atoms with Crippen molar-refractivity contribution in [1.82, 2.24) is 15.5 Å². The van der Waals surface area contributed by atoms with Crippen LogP contribution >= 0.6 is 24.0 Å². The van der Waals surface area contributed by atoms with E-state index in [1.54, 1.807) is 19.2 Å². The van der Waals surface area contributed by atoms with Gasteiger partial charge in [-0.3, -0.25) is 9.89 Å². The van der Waals surface area contributed by atoms with Crippen LogP contribution in [0, 0.1) is 6.92 Å². The van der Waals surface area contributed by atoms with Crippen molar-refractivity contribution in [2.45, 2.75) is 43.7 Å². The van der Waals surface area contributed by atoms with Crippen molar-refractivity contribution in [3.8, 4) is 0 Å². The van der Waals surface area contributed by atoms with Crippen LogP contribution in [-0.2, 0) is 22.8 Å². The van der Waals surface area contributed by atoms with Crippen LogP contribution in [0.4, 0.5) is 0 Å². The number of aryl methyl sites for hydroxylation is 1. The van der Waals surface area contributed by atoms with E-state index in [4.69, 9.17) is 0 Å². The van der Waals surface area contributed by atoms with Gasteiger partial charge in [0.25, 0.3) is 0 Å². The Morgan fingerprint density at radius 2 is 1.78 bits per heavy atom. The number of piperidine rings is 1. The van der Waals surface area contributed by atoms with Crippen LogP contribution in [0.25, 0.3) is 0 Å². The fraction of sp³-hybridized carbons (Fsp3) is 0.458. The van der Waals surface area contributed by atoms with Crippen molar-refractivity contribution in [1.29, 1.82) is 0 Å². The highest BCUT2D eigenvalue weighted by molar-refractivity contribution is 14.0. The molecule has 32 heavy (non-hydrogen) atoms. The number of aliphatic imine (C=N–C) groups is 1. The van der Waals surface area contributed by atoms with Crippen LogP contribution in [0.3, 0.4) is 0 Å². The second-order valence-electron chi connectivity index (χ2n) is 8.35. The number of rotatable bonds is 7. The van der Waals surface area contributed by atoms with Gasteiger partial charge in [-0.1, -0.05) is 42.0 Å². The summed E-state index contributed by atoms with van der Waals surface area (Å²) in [6.45, 7) is 6.05. The average Bonchev–Trinajstić information content (AvgIpc) is 2.74. The smallest absolute Gasteiger partial charge is 0.191 e. The van der Waals surface area contributed by atoms with Gasteiger partial charge in [0.15, 0.2) is 15.8 Å². The quantitative estimate of drug-likeness (QED) is 0.304. The van der Waals surface area contributed by atoms with Gasteiger partial charge in [0.05, 0.1) is 4.90 Å². The van der Waals surface area contributed by atoms with E-state index in [9.17, 15) is 8.42 Å². The van der Waals surface area contributed by atoms with Crippen molar-refractivity contribution in [3.05, 3.63) is 65.2 Å². The normalized spacial score (nSPS) is 15.8. The van der Waals surface area contributed by atoms with Crippen LogP contribution < -0.4 is 10.6 Å². The first-order chi connectivity index (χ1) is 14.8. The van der Waals surface area contributed by atoms with Crippen molar-refractivity contribution < 1.29 is 8.42 Å². The number of halogens is 1. The minimum absolute atomic E-state index is 0. The van der Waals surface area contributed by atoms with Crippen molar-refractivity contribution >= 4 is 39.8 Å². The maximum absolute atomic E-state index is 11.6. The molecular formula is C24H35IN4O2S. The number of nitrogens with one attached hydrogen (secondary N) is 2. The molecule has 2 N–H and O–H groups in total. The Morgan fingerprint density at radius 3 is 2.38 bits per heavy atom. The summed E-state index contributed by atoms with van der Waals surface area (Å²) < 4.78 is 23.1. The van der Waals surface area contributed by atoms with Gasteiger partial charge in [0.2, 0.25) is 0 Å². The van der Waals surface area contributed by atoms with Gasteiger partial charge in [0, 0.05) is 45.5 Å². The molecule has 1 saturated heterocycles. The van der Waals surface area contributed by atoms with Crippen LogP contribution in [0.5, 0.6) is 0 Å². The molecule has 0 saturated carbocycles. The molecule has 1 aliphatic heterocycles. The van der Waals surface area contributed by atoms with E-state index in [2.05, 4.69) is 51.7 Å². The Morgan fingerprint density at radius 1 is 1.09 bits per heavy atom. The number of guanidine groups is 1. The van der Waals surface area contributed by atoms with Gasteiger partial charge in [-0.25, -0.2) is 8.42 Å². The number of benzene rings is 2. The lowest BCUT2D eigenvalue weighted by atomic mass is 10.0. The van der Waals surface area contributed by atoms with Gasteiger partial charge in [0.1, 0.15) is 0 Å². The molecule has 3 rings (SSSR count). The zero-order valence-corrected chi connectivity index (χ0v) is 22.3. The van der Waals surface area contributed by atoms with Gasteiger partial charge in [-0.2, -0.15) is 0 Å². The lowest BCUT2D eigenvalue weighted by Gasteiger charge is -2.33. The van der Waals surface area contributed by atoms with Crippen molar-refractivity contribution in [3.63, 3.8) is 0 Å². The summed E-state index contributed by atoms with van der Waals surface area (Å²) in [5, 5.41) is 6.92. The van der Waals surface area contributed by atoms with Gasteiger partial charge >= 0.3 is 0 Å². The molecule has 0 spiro atoms. The lowest BCUT2D eigenvalue weighted by molar-refractivity contribution is 0.198. The average molecular weight is 571 g/mol. The SMILES string of the molecule is CN=C(NCCc1ccc(S(C)(=O)=O)cc1)NC1CCN(Cc2cccc(C)c2)CC1.I. The molecule has 0 unspecified atom stereocenters. The summed E-state index contributed by atoms with van der Waals surface area (Å²) in [4.78, 5) is 7.23. The predicted octanol–water partition coefficient (Wildman–Crippen LogP) is 3.39. The Hall–Kier alpha value is -1.65. The fourth-order valence-corrected chi connectivity index (χ4v) is 4.55. The first-order valence-electron chi connectivity index (χ1n) is 10.9. The molecule has 0 bridgehead atoms.